The number of fused-ring (bicyclic) bond motifs is 1. The maximum absolute atomic E-state index is 12.6. The number of nitrogens with one attached hydrogen (secondary N) is 1. The monoisotopic (exact) mass is 462 g/mol. The number of esters is 1. The van der Waals surface area contributed by atoms with E-state index in [0.717, 1.165) is 5.56 Å². The number of amides is 2. The van der Waals surface area contributed by atoms with Crippen LogP contribution in [0, 0.1) is 0 Å². The molecule has 1 N–H and O–H groups in total. The van der Waals surface area contributed by atoms with E-state index < -0.39 is 22.4 Å². The van der Waals surface area contributed by atoms with Gasteiger partial charge in [0.1, 0.15) is 23.7 Å². The molecule has 0 spiro atoms. The van der Waals surface area contributed by atoms with Gasteiger partial charge in [0, 0.05) is 5.75 Å². The number of rotatable bonds is 5. The van der Waals surface area contributed by atoms with E-state index in [2.05, 4.69) is 5.32 Å². The van der Waals surface area contributed by atoms with E-state index in [0.29, 0.717) is 11.3 Å². The summed E-state index contributed by atoms with van der Waals surface area (Å²) in [5.41, 5.74) is 1.70. The molecule has 3 rings (SSSR count). The number of nitrogens with zero attached hydrogens (tertiary/aromatic N) is 1. The Balaban J connectivity index is 1.64. The predicted molar refractivity (Wildman–Crippen MR) is 109 cm³/mol. The van der Waals surface area contributed by atoms with E-state index in [9.17, 15) is 14.4 Å². The van der Waals surface area contributed by atoms with Crippen molar-refractivity contribution in [3.8, 4) is 0 Å². The molecular formula is C18H17Cl3N2O4S. The Morgan fingerprint density at radius 3 is 2.61 bits per heavy atom. The highest BCUT2D eigenvalue weighted by atomic mass is 35.6. The molecule has 0 saturated carbocycles. The molecule has 2 aliphatic rings. The van der Waals surface area contributed by atoms with Gasteiger partial charge in [0.25, 0.3) is 5.91 Å². The number of carbonyl (C=O) groups excluding carboxylic acids is 3. The fourth-order valence-electron chi connectivity index (χ4n) is 2.98. The Morgan fingerprint density at radius 1 is 1.29 bits per heavy atom. The molecule has 0 aromatic heterocycles. The molecule has 28 heavy (non-hydrogen) atoms. The molecule has 1 saturated heterocycles. The zero-order valence-electron chi connectivity index (χ0n) is 14.8. The van der Waals surface area contributed by atoms with Crippen LogP contribution in [0.15, 0.2) is 41.6 Å². The van der Waals surface area contributed by atoms with E-state index in [1.807, 2.05) is 30.3 Å². The van der Waals surface area contributed by atoms with Gasteiger partial charge >= 0.3 is 5.97 Å². The van der Waals surface area contributed by atoms with Crippen LogP contribution in [-0.4, -0.2) is 50.3 Å². The first-order valence-electron chi connectivity index (χ1n) is 8.39. The second-order valence-corrected chi connectivity index (χ2v) is 10.1. The number of halogens is 3. The first-order valence-corrected chi connectivity index (χ1v) is 10.6. The lowest BCUT2D eigenvalue weighted by molar-refractivity contribution is -0.152. The average molecular weight is 464 g/mol. The Morgan fingerprint density at radius 2 is 1.96 bits per heavy atom. The molecule has 2 amide bonds. The molecule has 0 unspecified atom stereocenters. The summed E-state index contributed by atoms with van der Waals surface area (Å²) in [6.45, 7) is 1.31. The second kappa shape index (κ2) is 8.53. The molecule has 1 aromatic rings. The van der Waals surface area contributed by atoms with E-state index in [1.54, 1.807) is 6.92 Å². The van der Waals surface area contributed by atoms with Crippen LogP contribution in [0.1, 0.15) is 12.5 Å². The smallest absolute Gasteiger partial charge is 0.355 e. The van der Waals surface area contributed by atoms with E-state index in [-0.39, 0.29) is 29.3 Å². The number of carbonyl (C=O) groups is 3. The van der Waals surface area contributed by atoms with Crippen molar-refractivity contribution in [2.75, 3.05) is 12.4 Å². The Hall–Kier alpha value is -1.41. The molecule has 0 aliphatic carbocycles. The quantitative estimate of drug-likeness (QED) is 0.413. The summed E-state index contributed by atoms with van der Waals surface area (Å²) in [6, 6.07) is 8.55. The van der Waals surface area contributed by atoms with Crippen molar-refractivity contribution in [2.45, 2.75) is 28.6 Å². The number of β-lactam (4-membered cyclic amide) rings is 1. The van der Waals surface area contributed by atoms with Crippen LogP contribution < -0.4 is 5.32 Å². The Bertz CT molecular complexity index is 826. The van der Waals surface area contributed by atoms with Crippen LogP contribution in [0.5, 0.6) is 0 Å². The van der Waals surface area contributed by atoms with Crippen molar-refractivity contribution in [1.82, 2.24) is 10.2 Å². The van der Waals surface area contributed by atoms with Gasteiger partial charge in [0.15, 0.2) is 0 Å². The third kappa shape index (κ3) is 4.76. The van der Waals surface area contributed by atoms with Gasteiger partial charge < -0.3 is 10.1 Å². The van der Waals surface area contributed by atoms with E-state index in [4.69, 9.17) is 39.5 Å². The standard InChI is InChI=1S/C18H17Cl3N2O4S/c1-10-8-28-16-13(22-12(24)7-11-5-3-2-4-6-11)15(25)23(16)14(10)17(26)27-9-18(19,20)21/h2-6,13,16H,7-9H2,1H3,(H,22,24)/t13-,16+/m1/s1. The molecule has 0 radical (unpaired) electrons. The molecule has 0 bridgehead atoms. The lowest BCUT2D eigenvalue weighted by atomic mass is 10.0. The zero-order chi connectivity index (χ0) is 20.5. The average Bonchev–Trinajstić information content (AvgIpc) is 2.64. The topological polar surface area (TPSA) is 75.7 Å². The van der Waals surface area contributed by atoms with Crippen LogP contribution >= 0.6 is 46.6 Å². The van der Waals surface area contributed by atoms with Crippen LogP contribution in [0.2, 0.25) is 0 Å². The molecule has 2 heterocycles. The minimum atomic E-state index is -1.74. The lowest BCUT2D eigenvalue weighted by Crippen LogP contribution is -2.70. The summed E-state index contributed by atoms with van der Waals surface area (Å²) in [5, 5.41) is 2.39. The lowest BCUT2D eigenvalue weighted by Gasteiger charge is -2.49. The number of hydrogen-bond acceptors (Lipinski definition) is 5. The summed E-state index contributed by atoms with van der Waals surface area (Å²) < 4.78 is 3.29. The van der Waals surface area contributed by atoms with Crippen molar-refractivity contribution in [3.63, 3.8) is 0 Å². The summed E-state index contributed by atoms with van der Waals surface area (Å²) in [4.78, 5) is 38.7. The Labute approximate surface area is 181 Å². The maximum Gasteiger partial charge on any atom is 0.355 e. The van der Waals surface area contributed by atoms with Crippen LogP contribution in [-0.2, 0) is 25.5 Å². The number of benzene rings is 1. The largest absolute Gasteiger partial charge is 0.456 e. The Kier molecular flexibility index (Phi) is 6.49. The summed E-state index contributed by atoms with van der Waals surface area (Å²) in [7, 11) is 0. The van der Waals surface area contributed by atoms with Crippen molar-refractivity contribution in [1.29, 1.82) is 0 Å². The fourth-order valence-corrected chi connectivity index (χ4v) is 4.44. The van der Waals surface area contributed by atoms with Crippen LogP contribution in [0.25, 0.3) is 0 Å². The van der Waals surface area contributed by atoms with Gasteiger partial charge in [-0.15, -0.1) is 11.8 Å². The summed E-state index contributed by atoms with van der Waals surface area (Å²) in [6.07, 6.45) is 0.176. The van der Waals surface area contributed by atoms with Gasteiger partial charge in [-0.25, -0.2) is 4.79 Å². The van der Waals surface area contributed by atoms with Gasteiger partial charge in [-0.05, 0) is 18.1 Å². The SMILES string of the molecule is CC1=C(C(=O)OCC(Cl)(Cl)Cl)N2C(=O)[C@@H](NC(=O)Cc3ccccc3)[C@@H]2SC1. The zero-order valence-corrected chi connectivity index (χ0v) is 17.9. The van der Waals surface area contributed by atoms with Crippen molar-refractivity contribution < 1.29 is 19.1 Å². The van der Waals surface area contributed by atoms with Gasteiger partial charge in [0.05, 0.1) is 6.42 Å². The third-order valence-corrected chi connectivity index (χ3v) is 5.99. The molecule has 2 atom stereocenters. The molecule has 10 heteroatoms. The predicted octanol–water partition coefficient (Wildman–Crippen LogP) is 2.82. The number of hydrogen-bond donors (Lipinski definition) is 1. The molecule has 150 valence electrons. The second-order valence-electron chi connectivity index (χ2n) is 6.44. The van der Waals surface area contributed by atoms with Gasteiger partial charge in [0.2, 0.25) is 9.70 Å². The van der Waals surface area contributed by atoms with Crippen LogP contribution in [0.4, 0.5) is 0 Å². The minimum Gasteiger partial charge on any atom is -0.456 e. The number of thioether (sulfide) groups is 1. The van der Waals surface area contributed by atoms with Crippen molar-refractivity contribution in [2.24, 2.45) is 0 Å². The normalized spacial score (nSPS) is 21.7. The van der Waals surface area contributed by atoms with E-state index >= 15 is 0 Å². The van der Waals surface area contributed by atoms with E-state index in [1.165, 1.54) is 16.7 Å². The minimum absolute atomic E-state index is 0.150. The summed E-state index contributed by atoms with van der Waals surface area (Å²) >= 11 is 18.3. The first kappa shape index (κ1) is 21.3. The molecule has 2 aliphatic heterocycles. The first-order chi connectivity index (χ1) is 13.2. The number of alkyl halides is 3. The maximum atomic E-state index is 12.6. The van der Waals surface area contributed by atoms with Crippen LogP contribution in [0.3, 0.4) is 0 Å². The highest BCUT2D eigenvalue weighted by molar-refractivity contribution is 8.00. The van der Waals surface area contributed by atoms with Crippen molar-refractivity contribution >= 4 is 64.3 Å². The summed E-state index contributed by atoms with van der Waals surface area (Å²) in [5.74, 6) is -0.815. The molecule has 6 nitrogen and oxygen atoms in total. The van der Waals surface area contributed by atoms with Gasteiger partial charge in [-0.3, -0.25) is 14.5 Å². The molecule has 1 fully saturated rings. The third-order valence-electron chi connectivity index (χ3n) is 4.24. The van der Waals surface area contributed by atoms with Gasteiger partial charge in [-0.1, -0.05) is 65.1 Å². The van der Waals surface area contributed by atoms with Gasteiger partial charge in [-0.2, -0.15) is 0 Å². The fraction of sp³-hybridized carbons (Fsp3) is 0.389. The number of ether oxygens (including phenoxy) is 1. The van der Waals surface area contributed by atoms with Crippen molar-refractivity contribution in [3.05, 3.63) is 47.2 Å². The molecule has 1 aromatic carbocycles. The highest BCUT2D eigenvalue weighted by Crippen LogP contribution is 2.40. The highest BCUT2D eigenvalue weighted by Gasteiger charge is 2.54. The molecular weight excluding hydrogens is 447 g/mol.